The minimum atomic E-state index is -4.65. The number of allylic oxidation sites excluding steroid dienone is 12. The smallest absolute Gasteiger partial charge is 0.306 e. The van der Waals surface area contributed by atoms with Gasteiger partial charge in [-0.15, -0.1) is 0 Å². The van der Waals surface area contributed by atoms with Crippen molar-refractivity contribution in [2.75, 3.05) is 47.5 Å². The minimum absolute atomic E-state index is 0.0467. The summed E-state index contributed by atoms with van der Waals surface area (Å²) in [6.45, 7) is 4.02. The highest BCUT2D eigenvalue weighted by atomic mass is 31.2. The summed E-state index contributed by atoms with van der Waals surface area (Å²) in [6, 6.07) is 0. The van der Waals surface area contributed by atoms with Gasteiger partial charge in [0.05, 0.1) is 27.7 Å². The van der Waals surface area contributed by atoms with Crippen molar-refractivity contribution >= 4 is 19.8 Å². The Morgan fingerprint density at radius 1 is 0.552 bits per heavy atom. The molecule has 10 heteroatoms. The van der Waals surface area contributed by atoms with Crippen LogP contribution >= 0.6 is 7.82 Å². The molecule has 0 N–H and O–H groups in total. The normalized spacial score (nSPS) is 14.2. The van der Waals surface area contributed by atoms with Crippen molar-refractivity contribution in [2.24, 2.45) is 0 Å². The van der Waals surface area contributed by atoms with Crippen LogP contribution in [0.2, 0.25) is 0 Å². The highest BCUT2D eigenvalue weighted by molar-refractivity contribution is 7.45. The molecule has 0 spiro atoms. The highest BCUT2D eigenvalue weighted by Gasteiger charge is 2.21. The Balaban J connectivity index is 4.48. The fourth-order valence-electron chi connectivity index (χ4n) is 5.74. The van der Waals surface area contributed by atoms with Crippen molar-refractivity contribution in [2.45, 2.75) is 174 Å². The molecule has 0 aromatic rings. The van der Waals surface area contributed by atoms with Crippen molar-refractivity contribution in [3.63, 3.8) is 0 Å². The average Bonchev–Trinajstić information content (AvgIpc) is 3.17. The fourth-order valence-corrected chi connectivity index (χ4v) is 6.47. The SMILES string of the molecule is CCC=CCC=CCC=CCC=CCC=CCC=CCCC(=O)OC(COC(=O)CCCCCCCCCCCCCCCCC)COP(=O)([O-])OCC[N+](C)(C)C. The largest absolute Gasteiger partial charge is 0.756 e. The molecule has 334 valence electrons. The Morgan fingerprint density at radius 2 is 0.983 bits per heavy atom. The van der Waals surface area contributed by atoms with Gasteiger partial charge in [0, 0.05) is 12.8 Å². The number of carbonyl (C=O) groups is 2. The third-order valence-corrected chi connectivity index (χ3v) is 10.2. The van der Waals surface area contributed by atoms with Crippen LogP contribution in [-0.4, -0.2) is 70.0 Å². The lowest BCUT2D eigenvalue weighted by atomic mass is 10.0. The van der Waals surface area contributed by atoms with Crippen LogP contribution in [0.1, 0.15) is 168 Å². The van der Waals surface area contributed by atoms with Crippen LogP contribution < -0.4 is 4.89 Å². The Kier molecular flexibility index (Phi) is 38.1. The first kappa shape index (κ1) is 55.5. The number of hydrogen-bond donors (Lipinski definition) is 0. The van der Waals surface area contributed by atoms with Gasteiger partial charge in [-0.1, -0.05) is 177 Å². The predicted octanol–water partition coefficient (Wildman–Crippen LogP) is 12.4. The number of hydrogen-bond acceptors (Lipinski definition) is 8. The second-order valence-corrected chi connectivity index (χ2v) is 17.4. The van der Waals surface area contributed by atoms with Crippen LogP contribution in [0.25, 0.3) is 0 Å². The first-order valence-corrected chi connectivity index (χ1v) is 24.1. The Labute approximate surface area is 355 Å². The molecule has 58 heavy (non-hydrogen) atoms. The van der Waals surface area contributed by atoms with Crippen molar-refractivity contribution in [1.29, 1.82) is 0 Å². The van der Waals surface area contributed by atoms with E-state index >= 15 is 0 Å². The molecule has 0 saturated heterocycles. The summed E-state index contributed by atoms with van der Waals surface area (Å²) >= 11 is 0. The molecule has 0 aromatic heterocycles. The maximum Gasteiger partial charge on any atom is 0.306 e. The second kappa shape index (κ2) is 39.9. The molecule has 0 aliphatic heterocycles. The number of quaternary nitrogens is 1. The zero-order valence-electron chi connectivity index (χ0n) is 37.5. The molecule has 0 fully saturated rings. The van der Waals surface area contributed by atoms with E-state index in [-0.39, 0.29) is 26.1 Å². The quantitative estimate of drug-likeness (QED) is 0.0197. The van der Waals surface area contributed by atoms with Crippen molar-refractivity contribution in [3.8, 4) is 0 Å². The van der Waals surface area contributed by atoms with E-state index < -0.39 is 32.5 Å². The molecule has 0 bridgehead atoms. The molecule has 0 aliphatic rings. The second-order valence-electron chi connectivity index (χ2n) is 16.0. The first-order chi connectivity index (χ1) is 28.0. The molecule has 0 saturated carbocycles. The number of ether oxygens (including phenoxy) is 2. The van der Waals surface area contributed by atoms with E-state index in [1.54, 1.807) is 0 Å². The van der Waals surface area contributed by atoms with Crippen LogP contribution in [0.5, 0.6) is 0 Å². The van der Waals surface area contributed by atoms with Crippen LogP contribution in [0.15, 0.2) is 72.9 Å². The summed E-state index contributed by atoms with van der Waals surface area (Å²) in [5, 5.41) is 0. The summed E-state index contributed by atoms with van der Waals surface area (Å²) < 4.78 is 33.8. The molecule has 0 rings (SSSR count). The Bertz CT molecular complexity index is 1220. The lowest BCUT2D eigenvalue weighted by molar-refractivity contribution is -0.870. The number of phosphoric acid groups is 1. The fraction of sp³-hybridized carbons (Fsp3) is 0.708. The standard InChI is InChI=1S/C48H84NO8P/c1-6-8-10-12-14-16-18-20-22-23-24-25-27-29-31-33-35-37-39-41-48(51)57-46(45-56-58(52,53)55-43-42-49(3,4)5)44-54-47(50)40-38-36-34-32-30-28-26-21-19-17-15-13-11-9-7-2/h8,10,14,16,20,22,24-25,29,31,35,37,46H,6-7,9,11-13,15,17-19,21,23,26-28,30,32-34,36,38-45H2,1-5H3. The van der Waals surface area contributed by atoms with Crippen LogP contribution in [-0.2, 0) is 32.7 Å². The molecule has 0 radical (unpaired) electrons. The van der Waals surface area contributed by atoms with Crippen molar-refractivity contribution < 1.29 is 42.1 Å². The van der Waals surface area contributed by atoms with Crippen LogP contribution in [0.3, 0.4) is 0 Å². The molecule has 0 aliphatic carbocycles. The van der Waals surface area contributed by atoms with Crippen molar-refractivity contribution in [3.05, 3.63) is 72.9 Å². The van der Waals surface area contributed by atoms with E-state index in [0.29, 0.717) is 17.4 Å². The molecule has 0 amide bonds. The van der Waals surface area contributed by atoms with Gasteiger partial charge in [0.2, 0.25) is 0 Å². The zero-order valence-corrected chi connectivity index (χ0v) is 38.4. The highest BCUT2D eigenvalue weighted by Crippen LogP contribution is 2.38. The number of rotatable bonds is 40. The molecule has 9 nitrogen and oxygen atoms in total. The Morgan fingerprint density at radius 3 is 1.43 bits per heavy atom. The van der Waals surface area contributed by atoms with Crippen LogP contribution in [0, 0.1) is 0 Å². The van der Waals surface area contributed by atoms with E-state index in [1.807, 2.05) is 33.3 Å². The molecule has 0 heterocycles. The summed E-state index contributed by atoms with van der Waals surface area (Å²) in [4.78, 5) is 37.5. The number of phosphoric ester groups is 1. The van der Waals surface area contributed by atoms with Gasteiger partial charge < -0.3 is 27.9 Å². The summed E-state index contributed by atoms with van der Waals surface area (Å²) in [6.07, 6.45) is 49.4. The zero-order chi connectivity index (χ0) is 42.8. The van der Waals surface area contributed by atoms with Gasteiger partial charge >= 0.3 is 11.9 Å². The van der Waals surface area contributed by atoms with E-state index in [1.165, 1.54) is 77.0 Å². The topological polar surface area (TPSA) is 111 Å². The third-order valence-electron chi connectivity index (χ3n) is 9.25. The van der Waals surface area contributed by atoms with Gasteiger partial charge in [-0.05, 0) is 51.4 Å². The van der Waals surface area contributed by atoms with Gasteiger partial charge in [-0.2, -0.15) is 0 Å². The molecular weight excluding hydrogens is 750 g/mol. The third kappa shape index (κ3) is 43.0. The number of unbranched alkanes of at least 4 members (excludes halogenated alkanes) is 14. The van der Waals surface area contributed by atoms with E-state index in [4.69, 9.17) is 18.5 Å². The van der Waals surface area contributed by atoms with E-state index in [0.717, 1.165) is 57.8 Å². The summed E-state index contributed by atoms with van der Waals surface area (Å²) in [7, 11) is 1.11. The van der Waals surface area contributed by atoms with Gasteiger partial charge in [0.15, 0.2) is 6.10 Å². The maximum absolute atomic E-state index is 12.7. The number of nitrogens with zero attached hydrogens (tertiary/aromatic N) is 1. The van der Waals surface area contributed by atoms with Crippen molar-refractivity contribution in [1.82, 2.24) is 0 Å². The lowest BCUT2D eigenvalue weighted by Crippen LogP contribution is -2.37. The number of esters is 2. The first-order valence-electron chi connectivity index (χ1n) is 22.6. The average molecular weight is 834 g/mol. The van der Waals surface area contributed by atoms with E-state index in [9.17, 15) is 19.0 Å². The summed E-state index contributed by atoms with van der Waals surface area (Å²) in [5.41, 5.74) is 0. The lowest BCUT2D eigenvalue weighted by Gasteiger charge is -2.28. The van der Waals surface area contributed by atoms with Gasteiger partial charge in [0.25, 0.3) is 7.82 Å². The number of carbonyl (C=O) groups excluding carboxylic acids is 2. The minimum Gasteiger partial charge on any atom is -0.756 e. The molecule has 0 aromatic carbocycles. The van der Waals surface area contributed by atoms with Gasteiger partial charge in [0.1, 0.15) is 19.8 Å². The predicted molar refractivity (Wildman–Crippen MR) is 240 cm³/mol. The summed E-state index contributed by atoms with van der Waals surface area (Å²) in [5.74, 6) is -0.934. The molecule has 2 unspecified atom stereocenters. The molecular formula is C48H84NO8P. The van der Waals surface area contributed by atoms with E-state index in [2.05, 4.69) is 74.6 Å². The van der Waals surface area contributed by atoms with Crippen LogP contribution in [0.4, 0.5) is 0 Å². The Hall–Kier alpha value is -2.55. The van der Waals surface area contributed by atoms with Gasteiger partial charge in [-0.25, -0.2) is 0 Å². The maximum atomic E-state index is 12.7. The number of likely N-dealkylation sites (N-methyl/N-ethyl adjacent to an activating group) is 1. The van der Waals surface area contributed by atoms with Gasteiger partial charge in [-0.3, -0.25) is 14.2 Å². The monoisotopic (exact) mass is 834 g/mol. The molecule has 2 atom stereocenters.